The molecule has 17 heavy (non-hydrogen) atoms. The van der Waals surface area contributed by atoms with Crippen LogP contribution in [0.25, 0.3) is 0 Å². The van der Waals surface area contributed by atoms with Crippen molar-refractivity contribution in [3.05, 3.63) is 29.8 Å². The first-order chi connectivity index (χ1) is 8.01. The second-order valence-corrected chi connectivity index (χ2v) is 7.01. The van der Waals surface area contributed by atoms with Crippen molar-refractivity contribution in [1.82, 2.24) is 0 Å². The summed E-state index contributed by atoms with van der Waals surface area (Å²) in [4.78, 5) is 0.666. The number of benzene rings is 1. The molecule has 5 heteroatoms. The minimum atomic E-state index is -3.17. The average molecular weight is 269 g/mol. The Morgan fingerprint density at radius 1 is 1.18 bits per heavy atom. The van der Waals surface area contributed by atoms with Crippen molar-refractivity contribution < 1.29 is 8.42 Å². The van der Waals surface area contributed by atoms with Crippen molar-refractivity contribution in [3.63, 3.8) is 0 Å². The molecule has 0 unspecified atom stereocenters. The molecule has 1 saturated carbocycles. The number of sulfone groups is 1. The first kappa shape index (κ1) is 12.5. The molecule has 0 amide bonds. The average Bonchev–Trinajstić information content (AvgIpc) is 2.83. The summed E-state index contributed by atoms with van der Waals surface area (Å²) >= 11 is 4.83. The van der Waals surface area contributed by atoms with Crippen LogP contribution in [0.15, 0.2) is 29.2 Å². The van der Waals surface area contributed by atoms with Gasteiger partial charge in [-0.25, -0.2) is 8.42 Å². The Morgan fingerprint density at radius 2 is 1.71 bits per heavy atom. The molecule has 3 nitrogen and oxygen atoms in total. The van der Waals surface area contributed by atoms with Crippen LogP contribution < -0.4 is 5.73 Å². The van der Waals surface area contributed by atoms with Crippen LogP contribution in [-0.4, -0.2) is 18.7 Å². The van der Waals surface area contributed by atoms with Crippen molar-refractivity contribution >= 4 is 27.0 Å². The highest BCUT2D eigenvalue weighted by Crippen LogP contribution is 2.29. The highest BCUT2D eigenvalue weighted by Gasteiger charge is 2.29. The lowest BCUT2D eigenvalue weighted by molar-refractivity contribution is 0.579. The van der Waals surface area contributed by atoms with E-state index in [0.717, 1.165) is 25.7 Å². The second-order valence-electron chi connectivity index (χ2n) is 4.34. The van der Waals surface area contributed by atoms with Crippen LogP contribution in [0.2, 0.25) is 0 Å². The molecule has 0 heterocycles. The summed E-state index contributed by atoms with van der Waals surface area (Å²) in [5.41, 5.74) is 6.18. The fourth-order valence-corrected chi connectivity index (χ4v) is 4.19. The van der Waals surface area contributed by atoms with Gasteiger partial charge in [0.1, 0.15) is 4.99 Å². The van der Waals surface area contributed by atoms with Crippen LogP contribution >= 0.6 is 12.2 Å². The van der Waals surface area contributed by atoms with E-state index in [4.69, 9.17) is 18.0 Å². The molecule has 2 N–H and O–H groups in total. The minimum absolute atomic E-state index is 0.210. The van der Waals surface area contributed by atoms with Gasteiger partial charge in [-0.3, -0.25) is 0 Å². The summed E-state index contributed by atoms with van der Waals surface area (Å²) in [6.07, 6.45) is 3.57. The molecule has 1 aliphatic carbocycles. The van der Waals surface area contributed by atoms with Gasteiger partial charge in [0, 0.05) is 5.56 Å². The molecule has 1 fully saturated rings. The number of hydrogen-bond donors (Lipinski definition) is 1. The fourth-order valence-electron chi connectivity index (χ4n) is 2.20. The predicted molar refractivity (Wildman–Crippen MR) is 71.8 cm³/mol. The van der Waals surface area contributed by atoms with Gasteiger partial charge in [-0.1, -0.05) is 37.2 Å². The first-order valence-electron chi connectivity index (χ1n) is 5.65. The molecular weight excluding hydrogens is 254 g/mol. The Balaban J connectivity index is 2.30. The maximum atomic E-state index is 12.3. The van der Waals surface area contributed by atoms with Gasteiger partial charge in [0.25, 0.3) is 0 Å². The molecule has 0 radical (unpaired) electrons. The van der Waals surface area contributed by atoms with Gasteiger partial charge in [0.15, 0.2) is 9.84 Å². The van der Waals surface area contributed by atoms with Crippen LogP contribution in [0.5, 0.6) is 0 Å². The van der Waals surface area contributed by atoms with Crippen molar-refractivity contribution in [2.24, 2.45) is 5.73 Å². The molecule has 2 rings (SSSR count). The lowest BCUT2D eigenvalue weighted by atomic mass is 10.2. The third-order valence-corrected chi connectivity index (χ3v) is 5.72. The molecule has 0 atom stereocenters. The van der Waals surface area contributed by atoms with E-state index in [1.807, 2.05) is 0 Å². The number of thiocarbonyl (C=S) groups is 1. The van der Waals surface area contributed by atoms with Crippen molar-refractivity contribution in [2.45, 2.75) is 35.8 Å². The summed E-state index contributed by atoms with van der Waals surface area (Å²) in [5.74, 6) is 0. The van der Waals surface area contributed by atoms with Crippen LogP contribution in [0.1, 0.15) is 31.2 Å². The Labute approximate surface area is 107 Å². The van der Waals surface area contributed by atoms with E-state index in [1.54, 1.807) is 24.3 Å². The normalized spacial score (nSPS) is 17.2. The molecule has 0 spiro atoms. The van der Waals surface area contributed by atoms with Crippen LogP contribution in [-0.2, 0) is 9.84 Å². The SMILES string of the molecule is NC(=S)c1ccc(S(=O)(=O)C2CCCC2)cc1. The molecule has 92 valence electrons. The van der Waals surface area contributed by atoms with Gasteiger partial charge in [0.05, 0.1) is 10.1 Å². The first-order valence-corrected chi connectivity index (χ1v) is 7.61. The van der Waals surface area contributed by atoms with Gasteiger partial charge in [-0.15, -0.1) is 0 Å². The van der Waals surface area contributed by atoms with Gasteiger partial charge in [0.2, 0.25) is 0 Å². The summed E-state index contributed by atoms with van der Waals surface area (Å²) in [7, 11) is -3.17. The topological polar surface area (TPSA) is 60.2 Å². The van der Waals surface area contributed by atoms with E-state index < -0.39 is 9.84 Å². The molecule has 1 aromatic rings. The van der Waals surface area contributed by atoms with Gasteiger partial charge in [-0.05, 0) is 25.0 Å². The Hall–Kier alpha value is -0.940. The molecule has 0 bridgehead atoms. The fraction of sp³-hybridized carbons (Fsp3) is 0.417. The van der Waals surface area contributed by atoms with E-state index in [0.29, 0.717) is 10.5 Å². The van der Waals surface area contributed by atoms with E-state index in [9.17, 15) is 8.42 Å². The molecule has 1 aliphatic rings. The highest BCUT2D eigenvalue weighted by atomic mass is 32.2. The summed E-state index contributed by atoms with van der Waals surface area (Å²) in [5, 5.41) is -0.210. The summed E-state index contributed by atoms with van der Waals surface area (Å²) < 4.78 is 24.5. The third kappa shape index (κ3) is 2.50. The highest BCUT2D eigenvalue weighted by molar-refractivity contribution is 7.92. The predicted octanol–water partition coefficient (Wildman–Crippen LogP) is 2.04. The molecule has 0 saturated heterocycles. The lowest BCUT2D eigenvalue weighted by Gasteiger charge is -2.11. The summed E-state index contributed by atoms with van der Waals surface area (Å²) in [6.45, 7) is 0. The number of nitrogens with two attached hydrogens (primary N) is 1. The number of rotatable bonds is 3. The number of hydrogen-bond acceptors (Lipinski definition) is 3. The maximum absolute atomic E-state index is 12.3. The quantitative estimate of drug-likeness (QED) is 0.853. The lowest BCUT2D eigenvalue weighted by Crippen LogP contribution is -2.18. The smallest absolute Gasteiger partial charge is 0.181 e. The Bertz CT molecular complexity index is 514. The van der Waals surface area contributed by atoms with E-state index >= 15 is 0 Å². The zero-order chi connectivity index (χ0) is 12.5. The largest absolute Gasteiger partial charge is 0.389 e. The second kappa shape index (κ2) is 4.74. The van der Waals surface area contributed by atoms with E-state index in [-0.39, 0.29) is 10.2 Å². The Morgan fingerprint density at radius 3 is 2.18 bits per heavy atom. The molecule has 1 aromatic carbocycles. The standard InChI is InChI=1S/C12H15NO2S2/c13-12(16)9-5-7-11(8-6-9)17(14,15)10-3-1-2-4-10/h5-8,10H,1-4H2,(H2,13,16). The van der Waals surface area contributed by atoms with E-state index in [2.05, 4.69) is 0 Å². The van der Waals surface area contributed by atoms with Crippen LogP contribution in [0.4, 0.5) is 0 Å². The van der Waals surface area contributed by atoms with Crippen molar-refractivity contribution in [1.29, 1.82) is 0 Å². The minimum Gasteiger partial charge on any atom is -0.389 e. The zero-order valence-electron chi connectivity index (χ0n) is 9.43. The molecule has 0 aromatic heterocycles. The monoisotopic (exact) mass is 269 g/mol. The molecular formula is C12H15NO2S2. The van der Waals surface area contributed by atoms with Crippen LogP contribution in [0, 0.1) is 0 Å². The van der Waals surface area contributed by atoms with Crippen LogP contribution in [0.3, 0.4) is 0 Å². The Kier molecular flexibility index (Phi) is 3.49. The maximum Gasteiger partial charge on any atom is 0.181 e. The van der Waals surface area contributed by atoms with Gasteiger partial charge < -0.3 is 5.73 Å². The van der Waals surface area contributed by atoms with Crippen molar-refractivity contribution in [2.75, 3.05) is 0 Å². The van der Waals surface area contributed by atoms with Gasteiger partial charge >= 0.3 is 0 Å². The van der Waals surface area contributed by atoms with Gasteiger partial charge in [-0.2, -0.15) is 0 Å². The molecule has 0 aliphatic heterocycles. The van der Waals surface area contributed by atoms with Crippen molar-refractivity contribution in [3.8, 4) is 0 Å². The zero-order valence-corrected chi connectivity index (χ0v) is 11.1. The third-order valence-electron chi connectivity index (χ3n) is 3.21. The summed E-state index contributed by atoms with van der Waals surface area (Å²) in [6, 6.07) is 6.54. The van der Waals surface area contributed by atoms with E-state index in [1.165, 1.54) is 0 Å².